The fourth-order valence-electron chi connectivity index (χ4n) is 2.38. The maximum absolute atomic E-state index is 12.1. The number of hydrogen-bond acceptors (Lipinski definition) is 5. The summed E-state index contributed by atoms with van der Waals surface area (Å²) in [6.07, 6.45) is 0. The van der Waals surface area contributed by atoms with E-state index in [9.17, 15) is 4.79 Å². The van der Waals surface area contributed by atoms with Crippen LogP contribution in [0.4, 0.5) is 0 Å². The van der Waals surface area contributed by atoms with Gasteiger partial charge in [0.05, 0.1) is 16.7 Å². The van der Waals surface area contributed by atoms with E-state index in [2.05, 4.69) is 0 Å². The molecule has 3 aromatic carbocycles. The maximum Gasteiger partial charge on any atom is 0.338 e. The zero-order valence-electron chi connectivity index (χ0n) is 14.3. The summed E-state index contributed by atoms with van der Waals surface area (Å²) in [5.41, 5.74) is 1.87. The van der Waals surface area contributed by atoms with Gasteiger partial charge in [-0.15, -0.1) is 0 Å². The van der Waals surface area contributed by atoms with E-state index in [0.29, 0.717) is 22.6 Å². The van der Waals surface area contributed by atoms with Gasteiger partial charge in [-0.1, -0.05) is 30.3 Å². The van der Waals surface area contributed by atoms with Gasteiger partial charge < -0.3 is 9.47 Å². The predicted molar refractivity (Wildman–Crippen MR) is 97.9 cm³/mol. The third kappa shape index (κ3) is 4.50. The first-order valence-electron chi connectivity index (χ1n) is 8.13. The zero-order chi connectivity index (χ0) is 19.1. The van der Waals surface area contributed by atoms with Crippen LogP contribution in [0.1, 0.15) is 27.0 Å². The van der Waals surface area contributed by atoms with Gasteiger partial charge >= 0.3 is 5.97 Å². The minimum Gasteiger partial charge on any atom is -0.457 e. The zero-order valence-corrected chi connectivity index (χ0v) is 14.3. The number of nitrogens with zero attached hydrogens (tertiary/aromatic N) is 2. The summed E-state index contributed by atoms with van der Waals surface area (Å²) < 4.78 is 11.0. The average Bonchev–Trinajstić information content (AvgIpc) is 2.73. The Morgan fingerprint density at radius 2 is 1.48 bits per heavy atom. The first-order valence-corrected chi connectivity index (χ1v) is 8.13. The molecule has 0 aliphatic rings. The standard InChI is InChI=1S/C22H14N2O3/c23-13-18-8-11-21(12-19(18)14-24)27-20-9-6-17(7-10-20)22(25)26-15-16-4-2-1-3-5-16/h1-12H,15H2. The van der Waals surface area contributed by atoms with Gasteiger partial charge in [0.25, 0.3) is 0 Å². The van der Waals surface area contributed by atoms with E-state index in [0.717, 1.165) is 5.56 Å². The Bertz CT molecular complexity index is 1030. The van der Waals surface area contributed by atoms with Crippen molar-refractivity contribution in [3.63, 3.8) is 0 Å². The lowest BCUT2D eigenvalue weighted by molar-refractivity contribution is 0.0472. The van der Waals surface area contributed by atoms with E-state index in [1.165, 1.54) is 12.1 Å². The van der Waals surface area contributed by atoms with Crippen LogP contribution in [-0.4, -0.2) is 5.97 Å². The van der Waals surface area contributed by atoms with Crippen LogP contribution in [0.25, 0.3) is 0 Å². The molecular weight excluding hydrogens is 340 g/mol. The van der Waals surface area contributed by atoms with Gasteiger partial charge in [0, 0.05) is 0 Å². The van der Waals surface area contributed by atoms with E-state index in [1.807, 2.05) is 42.5 Å². The lowest BCUT2D eigenvalue weighted by Crippen LogP contribution is -2.05. The lowest BCUT2D eigenvalue weighted by Gasteiger charge is -2.08. The quantitative estimate of drug-likeness (QED) is 0.626. The minimum absolute atomic E-state index is 0.208. The van der Waals surface area contributed by atoms with Crippen LogP contribution in [0.2, 0.25) is 0 Å². The van der Waals surface area contributed by atoms with Crippen molar-refractivity contribution in [3.05, 3.63) is 95.1 Å². The molecule has 0 radical (unpaired) electrons. The van der Waals surface area contributed by atoms with Crippen molar-refractivity contribution in [2.75, 3.05) is 0 Å². The predicted octanol–water partition coefficient (Wildman–Crippen LogP) is 4.58. The van der Waals surface area contributed by atoms with Crippen molar-refractivity contribution in [1.29, 1.82) is 10.5 Å². The van der Waals surface area contributed by atoms with Crippen LogP contribution in [0.5, 0.6) is 11.5 Å². The first kappa shape index (κ1) is 17.7. The molecule has 0 atom stereocenters. The van der Waals surface area contributed by atoms with Crippen molar-refractivity contribution in [2.45, 2.75) is 6.61 Å². The van der Waals surface area contributed by atoms with Crippen LogP contribution < -0.4 is 4.74 Å². The highest BCUT2D eigenvalue weighted by Crippen LogP contribution is 2.24. The third-order valence-electron chi connectivity index (χ3n) is 3.77. The second-order valence-electron chi connectivity index (χ2n) is 5.62. The summed E-state index contributed by atoms with van der Waals surface area (Å²) in [4.78, 5) is 12.1. The summed E-state index contributed by atoms with van der Waals surface area (Å²) in [5.74, 6) is 0.517. The second-order valence-corrected chi connectivity index (χ2v) is 5.62. The maximum atomic E-state index is 12.1. The first-order chi connectivity index (χ1) is 13.2. The highest BCUT2D eigenvalue weighted by atomic mass is 16.5. The van der Waals surface area contributed by atoms with E-state index in [4.69, 9.17) is 20.0 Å². The van der Waals surface area contributed by atoms with Crippen LogP contribution >= 0.6 is 0 Å². The molecule has 0 heterocycles. The molecule has 0 aliphatic carbocycles. The Kier molecular flexibility index (Phi) is 5.47. The molecule has 5 heteroatoms. The molecular formula is C22H14N2O3. The van der Waals surface area contributed by atoms with E-state index in [-0.39, 0.29) is 12.2 Å². The Hall–Kier alpha value is -4.09. The molecule has 130 valence electrons. The number of hydrogen-bond donors (Lipinski definition) is 0. The number of ether oxygens (including phenoxy) is 2. The molecule has 0 unspecified atom stereocenters. The Morgan fingerprint density at radius 1 is 0.815 bits per heavy atom. The summed E-state index contributed by atoms with van der Waals surface area (Å²) in [6, 6.07) is 24.5. The highest BCUT2D eigenvalue weighted by molar-refractivity contribution is 5.89. The lowest BCUT2D eigenvalue weighted by atomic mass is 10.1. The topological polar surface area (TPSA) is 83.1 Å². The number of carbonyl (C=O) groups is 1. The van der Waals surface area contributed by atoms with Gasteiger partial charge in [0.15, 0.2) is 0 Å². The van der Waals surface area contributed by atoms with E-state index >= 15 is 0 Å². The van der Waals surface area contributed by atoms with Gasteiger partial charge in [-0.05, 0) is 48.0 Å². The molecule has 0 amide bonds. The number of carbonyl (C=O) groups excluding carboxylic acids is 1. The highest BCUT2D eigenvalue weighted by Gasteiger charge is 2.09. The molecule has 0 saturated heterocycles. The van der Waals surface area contributed by atoms with Crippen LogP contribution in [0.15, 0.2) is 72.8 Å². The minimum atomic E-state index is -0.421. The molecule has 0 aromatic heterocycles. The van der Waals surface area contributed by atoms with Gasteiger partial charge in [0.2, 0.25) is 0 Å². The summed E-state index contributed by atoms with van der Waals surface area (Å²) in [6.45, 7) is 0.208. The molecule has 5 nitrogen and oxygen atoms in total. The molecule has 0 saturated carbocycles. The van der Waals surface area contributed by atoms with E-state index < -0.39 is 5.97 Å². The van der Waals surface area contributed by atoms with Crippen LogP contribution in [0.3, 0.4) is 0 Å². The Labute approximate surface area is 156 Å². The summed E-state index contributed by atoms with van der Waals surface area (Å²) in [7, 11) is 0. The molecule has 0 bridgehead atoms. The van der Waals surface area contributed by atoms with Crippen molar-refractivity contribution in [3.8, 4) is 23.6 Å². The molecule has 3 aromatic rings. The van der Waals surface area contributed by atoms with Gasteiger partial charge in [-0.25, -0.2) is 4.79 Å². The SMILES string of the molecule is N#Cc1ccc(Oc2ccc(C(=O)OCc3ccccc3)cc2)cc1C#N. The fourth-order valence-corrected chi connectivity index (χ4v) is 2.38. The van der Waals surface area contributed by atoms with Crippen LogP contribution in [0, 0.1) is 22.7 Å². The Balaban J connectivity index is 1.64. The van der Waals surface area contributed by atoms with Crippen LogP contribution in [-0.2, 0) is 11.3 Å². The van der Waals surface area contributed by atoms with Crippen molar-refractivity contribution in [2.24, 2.45) is 0 Å². The number of benzene rings is 3. The second kappa shape index (κ2) is 8.33. The summed E-state index contributed by atoms with van der Waals surface area (Å²) >= 11 is 0. The molecule has 0 N–H and O–H groups in total. The van der Waals surface area contributed by atoms with Gasteiger partial charge in [-0.3, -0.25) is 0 Å². The summed E-state index contributed by atoms with van der Waals surface area (Å²) in [5, 5.41) is 18.0. The molecule has 0 aliphatic heterocycles. The molecule has 3 rings (SSSR count). The smallest absolute Gasteiger partial charge is 0.338 e. The monoisotopic (exact) mass is 354 g/mol. The Morgan fingerprint density at radius 3 is 2.15 bits per heavy atom. The third-order valence-corrected chi connectivity index (χ3v) is 3.77. The number of esters is 1. The van der Waals surface area contributed by atoms with Gasteiger partial charge in [0.1, 0.15) is 30.2 Å². The van der Waals surface area contributed by atoms with E-state index in [1.54, 1.807) is 30.3 Å². The van der Waals surface area contributed by atoms with Gasteiger partial charge in [-0.2, -0.15) is 10.5 Å². The largest absolute Gasteiger partial charge is 0.457 e. The molecule has 27 heavy (non-hydrogen) atoms. The van der Waals surface area contributed by atoms with Crippen molar-refractivity contribution in [1.82, 2.24) is 0 Å². The number of rotatable bonds is 5. The van der Waals surface area contributed by atoms with Crippen molar-refractivity contribution < 1.29 is 14.3 Å². The number of nitriles is 2. The molecule has 0 fully saturated rings. The average molecular weight is 354 g/mol. The normalized spacial score (nSPS) is 9.70. The fraction of sp³-hybridized carbons (Fsp3) is 0.0455. The molecule has 0 spiro atoms. The van der Waals surface area contributed by atoms with Crippen molar-refractivity contribution >= 4 is 5.97 Å².